The maximum absolute atomic E-state index is 10.6. The first-order valence-corrected chi connectivity index (χ1v) is 3.18. The quantitative estimate of drug-likeness (QED) is 0.508. The van der Waals surface area contributed by atoms with E-state index in [1.165, 1.54) is 18.6 Å². The molecule has 0 aromatic carbocycles. The second-order valence-electron chi connectivity index (χ2n) is 1.82. The molecule has 5 nitrogen and oxygen atoms in total. The van der Waals surface area contributed by atoms with Gasteiger partial charge in [0.1, 0.15) is 0 Å². The van der Waals surface area contributed by atoms with E-state index in [1.54, 1.807) is 0 Å². The molecule has 62 valence electrons. The smallest absolute Gasteiger partial charge is 0.276 e. The Bertz CT molecular complexity index is 273. The van der Waals surface area contributed by atoms with Gasteiger partial charge in [0.15, 0.2) is 0 Å². The molecule has 1 heterocycles. The van der Waals surface area contributed by atoms with Gasteiger partial charge < -0.3 is 4.84 Å². The molecule has 0 aliphatic carbocycles. The first-order valence-electron chi connectivity index (χ1n) is 3.18. The van der Waals surface area contributed by atoms with Crippen LogP contribution in [-0.4, -0.2) is 15.9 Å². The van der Waals surface area contributed by atoms with Crippen molar-refractivity contribution in [2.75, 3.05) is 0 Å². The van der Waals surface area contributed by atoms with Crippen LogP contribution in [0.5, 0.6) is 5.88 Å². The fourth-order valence-corrected chi connectivity index (χ4v) is 0.482. The molecule has 0 aliphatic heterocycles. The van der Waals surface area contributed by atoms with Gasteiger partial charge in [-0.2, -0.15) is 5.48 Å². The highest BCUT2D eigenvalue weighted by Crippen LogP contribution is 1.97. The molecule has 0 atom stereocenters. The first-order chi connectivity index (χ1) is 5.83. The number of nitrogens with zero attached hydrogens (tertiary/aromatic N) is 2. The summed E-state index contributed by atoms with van der Waals surface area (Å²) in [5.74, 6) is -0.201. The van der Waals surface area contributed by atoms with Gasteiger partial charge in [-0.1, -0.05) is 6.58 Å². The van der Waals surface area contributed by atoms with Crippen molar-refractivity contribution in [2.45, 2.75) is 0 Å². The van der Waals surface area contributed by atoms with Crippen LogP contribution in [-0.2, 0) is 4.79 Å². The molecule has 1 aromatic rings. The number of hydrogen-bond donors (Lipinski definition) is 1. The number of carbonyl (C=O) groups excluding carboxylic acids is 1. The summed E-state index contributed by atoms with van der Waals surface area (Å²) in [6.07, 6.45) is 5.43. The van der Waals surface area contributed by atoms with Crippen LogP contribution in [0.4, 0.5) is 0 Å². The van der Waals surface area contributed by atoms with Gasteiger partial charge in [-0.05, 0) is 6.08 Å². The fraction of sp³-hybridized carbons (Fsp3) is 0. The number of aromatic nitrogens is 2. The highest BCUT2D eigenvalue weighted by atomic mass is 16.7. The number of hydrogen-bond acceptors (Lipinski definition) is 4. The van der Waals surface area contributed by atoms with E-state index in [-0.39, 0.29) is 5.88 Å². The second-order valence-corrected chi connectivity index (χ2v) is 1.82. The Balaban J connectivity index is 2.43. The van der Waals surface area contributed by atoms with Crippen molar-refractivity contribution >= 4 is 5.91 Å². The van der Waals surface area contributed by atoms with Crippen molar-refractivity contribution in [1.29, 1.82) is 0 Å². The van der Waals surface area contributed by atoms with Gasteiger partial charge in [-0.3, -0.25) is 9.78 Å². The Morgan fingerprint density at radius 1 is 1.67 bits per heavy atom. The van der Waals surface area contributed by atoms with E-state index < -0.39 is 5.91 Å². The van der Waals surface area contributed by atoms with E-state index in [0.717, 1.165) is 6.08 Å². The molecule has 0 fully saturated rings. The predicted octanol–water partition coefficient (Wildman–Crippen LogP) is 0.0726. The van der Waals surface area contributed by atoms with Crippen molar-refractivity contribution < 1.29 is 9.63 Å². The third-order valence-electron chi connectivity index (χ3n) is 0.981. The van der Waals surface area contributed by atoms with Crippen LogP contribution < -0.4 is 10.3 Å². The summed E-state index contributed by atoms with van der Waals surface area (Å²) in [7, 11) is 0. The summed E-state index contributed by atoms with van der Waals surface area (Å²) < 4.78 is 0. The van der Waals surface area contributed by atoms with E-state index in [0.29, 0.717) is 0 Å². The number of hydroxylamine groups is 1. The lowest BCUT2D eigenvalue weighted by atomic mass is 10.6. The van der Waals surface area contributed by atoms with Gasteiger partial charge in [-0.25, -0.2) is 4.98 Å². The van der Waals surface area contributed by atoms with Crippen molar-refractivity contribution in [2.24, 2.45) is 0 Å². The van der Waals surface area contributed by atoms with Crippen LogP contribution in [0.25, 0.3) is 0 Å². The molecule has 0 saturated carbocycles. The number of carbonyl (C=O) groups is 1. The molecule has 1 aromatic heterocycles. The minimum absolute atomic E-state index is 0.229. The van der Waals surface area contributed by atoms with Crippen molar-refractivity contribution in [1.82, 2.24) is 15.4 Å². The summed E-state index contributed by atoms with van der Waals surface area (Å²) in [6.45, 7) is 3.24. The van der Waals surface area contributed by atoms with Gasteiger partial charge in [0.2, 0.25) is 0 Å². The van der Waals surface area contributed by atoms with Crippen LogP contribution in [0.3, 0.4) is 0 Å². The minimum atomic E-state index is -0.430. The molecule has 5 heteroatoms. The van der Waals surface area contributed by atoms with Crippen LogP contribution in [0.2, 0.25) is 0 Å². The molecule has 12 heavy (non-hydrogen) atoms. The third kappa shape index (κ3) is 2.37. The zero-order chi connectivity index (χ0) is 8.81. The molecule has 1 rings (SSSR count). The Morgan fingerprint density at radius 3 is 3.08 bits per heavy atom. The van der Waals surface area contributed by atoms with Gasteiger partial charge in [0.25, 0.3) is 11.8 Å². The summed E-state index contributed by atoms with van der Waals surface area (Å²) in [5, 5.41) is 0. The van der Waals surface area contributed by atoms with Gasteiger partial charge in [-0.15, -0.1) is 0 Å². The van der Waals surface area contributed by atoms with Gasteiger partial charge >= 0.3 is 0 Å². The molecular weight excluding hydrogens is 158 g/mol. The zero-order valence-corrected chi connectivity index (χ0v) is 6.23. The largest absolute Gasteiger partial charge is 0.357 e. The molecular formula is C7H7N3O2. The Morgan fingerprint density at radius 2 is 2.50 bits per heavy atom. The summed E-state index contributed by atoms with van der Waals surface area (Å²) in [4.78, 5) is 22.8. The SMILES string of the molecule is C=CC(=O)NOc1cnccn1. The normalized spacial score (nSPS) is 8.67. The van der Waals surface area contributed by atoms with E-state index in [1.807, 2.05) is 0 Å². The topological polar surface area (TPSA) is 64.1 Å². The Kier molecular flexibility index (Phi) is 2.78. The molecule has 0 bridgehead atoms. The summed E-state index contributed by atoms with van der Waals surface area (Å²) >= 11 is 0. The van der Waals surface area contributed by atoms with Crippen molar-refractivity contribution in [3.8, 4) is 5.88 Å². The van der Waals surface area contributed by atoms with Gasteiger partial charge in [0.05, 0.1) is 6.20 Å². The average Bonchev–Trinajstić information content (AvgIpc) is 2.16. The lowest BCUT2D eigenvalue weighted by molar-refractivity contribution is -0.122. The van der Waals surface area contributed by atoms with Crippen molar-refractivity contribution in [3.05, 3.63) is 31.2 Å². The molecule has 0 aliphatic rings. The maximum Gasteiger partial charge on any atom is 0.276 e. The maximum atomic E-state index is 10.6. The standard InChI is InChI=1S/C7H7N3O2/c1-2-6(11)10-12-7-5-8-3-4-9-7/h2-5H,1H2,(H,10,11). The predicted molar refractivity (Wildman–Crippen MR) is 41.0 cm³/mol. The summed E-state index contributed by atoms with van der Waals surface area (Å²) in [5.41, 5.74) is 2.09. The molecule has 0 unspecified atom stereocenters. The average molecular weight is 165 g/mol. The molecule has 0 spiro atoms. The van der Waals surface area contributed by atoms with Crippen LogP contribution >= 0.6 is 0 Å². The zero-order valence-electron chi connectivity index (χ0n) is 6.23. The second kappa shape index (κ2) is 4.07. The lowest BCUT2D eigenvalue weighted by Crippen LogP contribution is -2.25. The van der Waals surface area contributed by atoms with E-state index in [4.69, 9.17) is 4.84 Å². The lowest BCUT2D eigenvalue weighted by Gasteiger charge is -2.01. The van der Waals surface area contributed by atoms with E-state index in [9.17, 15) is 4.79 Å². The van der Waals surface area contributed by atoms with Crippen LogP contribution in [0.1, 0.15) is 0 Å². The van der Waals surface area contributed by atoms with Crippen LogP contribution in [0.15, 0.2) is 31.2 Å². The number of nitrogens with one attached hydrogen (secondary N) is 1. The van der Waals surface area contributed by atoms with Crippen molar-refractivity contribution in [3.63, 3.8) is 0 Å². The highest BCUT2D eigenvalue weighted by Gasteiger charge is 1.95. The fourth-order valence-electron chi connectivity index (χ4n) is 0.482. The Hall–Kier alpha value is -1.91. The number of amides is 1. The minimum Gasteiger partial charge on any atom is -0.357 e. The highest BCUT2D eigenvalue weighted by molar-refractivity contribution is 5.86. The Labute approximate surface area is 69.1 Å². The van der Waals surface area contributed by atoms with Crippen LogP contribution in [0, 0.1) is 0 Å². The number of rotatable bonds is 3. The van der Waals surface area contributed by atoms with Gasteiger partial charge in [0, 0.05) is 12.4 Å². The molecule has 1 N–H and O–H groups in total. The van der Waals surface area contributed by atoms with E-state index in [2.05, 4.69) is 22.0 Å². The monoisotopic (exact) mass is 165 g/mol. The molecule has 0 saturated heterocycles. The third-order valence-corrected chi connectivity index (χ3v) is 0.981. The molecule has 0 radical (unpaired) electrons. The van der Waals surface area contributed by atoms with E-state index >= 15 is 0 Å². The molecule has 1 amide bonds. The first kappa shape index (κ1) is 8.19. The summed E-state index contributed by atoms with van der Waals surface area (Å²) in [6, 6.07) is 0.